The Morgan fingerprint density at radius 1 is 1.19 bits per heavy atom. The zero-order valence-corrected chi connectivity index (χ0v) is 16.9. The number of thioether (sulfide) groups is 1. The Balaban J connectivity index is 1.91. The van der Waals surface area contributed by atoms with Gasteiger partial charge in [0, 0.05) is 0 Å². The van der Waals surface area contributed by atoms with E-state index in [2.05, 4.69) is 20.8 Å². The predicted octanol–water partition coefficient (Wildman–Crippen LogP) is 3.12. The molecular formula is C20H25NO5S. The summed E-state index contributed by atoms with van der Waals surface area (Å²) >= 11 is 1.27. The first kappa shape index (κ1) is 21.0. The first-order chi connectivity index (χ1) is 12.7. The zero-order valence-electron chi connectivity index (χ0n) is 16.1. The Morgan fingerprint density at radius 3 is 2.44 bits per heavy atom. The lowest BCUT2D eigenvalue weighted by molar-refractivity contribution is -0.137. The van der Waals surface area contributed by atoms with Crippen molar-refractivity contribution in [3.8, 4) is 0 Å². The third-order valence-electron chi connectivity index (χ3n) is 3.97. The summed E-state index contributed by atoms with van der Waals surface area (Å²) in [6.07, 6.45) is 1.30. The predicted molar refractivity (Wildman–Crippen MR) is 104 cm³/mol. The molecule has 0 atom stereocenters. The van der Waals surface area contributed by atoms with Crippen molar-refractivity contribution < 1.29 is 23.9 Å². The smallest absolute Gasteiger partial charge is 0.338 e. The molecule has 2 rings (SSSR count). The van der Waals surface area contributed by atoms with E-state index in [9.17, 15) is 14.4 Å². The van der Waals surface area contributed by atoms with Crippen molar-refractivity contribution in [1.82, 2.24) is 4.90 Å². The minimum absolute atomic E-state index is 0.0118. The van der Waals surface area contributed by atoms with Crippen LogP contribution in [0.4, 0.5) is 0 Å². The minimum Gasteiger partial charge on any atom is -0.463 e. The van der Waals surface area contributed by atoms with E-state index in [0.717, 1.165) is 5.56 Å². The van der Waals surface area contributed by atoms with E-state index < -0.39 is 11.9 Å². The summed E-state index contributed by atoms with van der Waals surface area (Å²) in [5.74, 6) is -0.796. The Hall–Kier alpha value is -2.28. The molecule has 0 N–H and O–H groups in total. The molecule has 0 aliphatic carbocycles. The number of carbonyl (C=O) groups excluding carboxylic acids is 3. The lowest BCUT2D eigenvalue weighted by Crippen LogP contribution is -2.29. The fraction of sp³-hybridized carbons (Fsp3) is 0.450. The standard InChI is InChI=1S/C20H25NO5S/c1-5-25-18(23)12-17-21(16(22)13-27-17)10-11-26-19(24)14-6-8-15(9-7-14)20(2,3)4/h6-9,12H,5,10-11,13H2,1-4H3/b17-12-. The average Bonchev–Trinajstić information content (AvgIpc) is 2.94. The highest BCUT2D eigenvalue weighted by atomic mass is 32.2. The van der Waals surface area contributed by atoms with Crippen LogP contribution < -0.4 is 0 Å². The molecule has 0 bridgehead atoms. The number of nitrogens with zero attached hydrogens (tertiary/aromatic N) is 1. The summed E-state index contributed by atoms with van der Waals surface area (Å²) in [7, 11) is 0. The molecule has 0 spiro atoms. The lowest BCUT2D eigenvalue weighted by atomic mass is 9.87. The van der Waals surface area contributed by atoms with Crippen LogP contribution >= 0.6 is 11.8 Å². The van der Waals surface area contributed by atoms with E-state index in [4.69, 9.17) is 9.47 Å². The van der Waals surface area contributed by atoms with E-state index in [1.54, 1.807) is 19.1 Å². The van der Waals surface area contributed by atoms with Crippen molar-refractivity contribution in [3.63, 3.8) is 0 Å². The third-order valence-corrected chi connectivity index (χ3v) is 5.00. The molecule has 146 valence electrons. The van der Waals surface area contributed by atoms with Crippen LogP contribution in [0.2, 0.25) is 0 Å². The number of hydrogen-bond donors (Lipinski definition) is 0. The Kier molecular flexibility index (Phi) is 7.07. The summed E-state index contributed by atoms with van der Waals surface area (Å²) in [5.41, 5.74) is 1.61. The highest BCUT2D eigenvalue weighted by molar-refractivity contribution is 8.04. The average molecular weight is 391 g/mol. The molecule has 1 aromatic carbocycles. The molecule has 6 nitrogen and oxygen atoms in total. The second-order valence-electron chi connectivity index (χ2n) is 7.03. The molecular weight excluding hydrogens is 366 g/mol. The normalized spacial score (nSPS) is 15.9. The molecule has 0 unspecified atom stereocenters. The van der Waals surface area contributed by atoms with Gasteiger partial charge in [0.2, 0.25) is 5.91 Å². The van der Waals surface area contributed by atoms with Gasteiger partial charge in [0.25, 0.3) is 0 Å². The van der Waals surface area contributed by atoms with Gasteiger partial charge in [-0.05, 0) is 30.0 Å². The van der Waals surface area contributed by atoms with Crippen LogP contribution in [0.3, 0.4) is 0 Å². The number of ether oxygens (including phenoxy) is 2. The van der Waals surface area contributed by atoms with Crippen LogP contribution in [0.25, 0.3) is 0 Å². The number of carbonyl (C=O) groups is 3. The van der Waals surface area contributed by atoms with Crippen molar-refractivity contribution in [2.75, 3.05) is 25.5 Å². The lowest BCUT2D eigenvalue weighted by Gasteiger charge is -2.19. The maximum Gasteiger partial charge on any atom is 0.338 e. The van der Waals surface area contributed by atoms with E-state index in [1.807, 2.05) is 12.1 Å². The molecule has 1 aliphatic rings. The summed E-state index contributed by atoms with van der Waals surface area (Å²) in [4.78, 5) is 37.2. The molecule has 1 fully saturated rings. The Bertz CT molecular complexity index is 734. The van der Waals surface area contributed by atoms with Crippen molar-refractivity contribution in [2.24, 2.45) is 0 Å². The zero-order chi connectivity index (χ0) is 20.0. The maximum absolute atomic E-state index is 12.2. The van der Waals surface area contributed by atoms with Crippen molar-refractivity contribution in [2.45, 2.75) is 33.1 Å². The van der Waals surface area contributed by atoms with E-state index >= 15 is 0 Å². The van der Waals surface area contributed by atoms with Gasteiger partial charge in [-0.15, -0.1) is 0 Å². The van der Waals surface area contributed by atoms with Crippen LogP contribution in [0.1, 0.15) is 43.6 Å². The molecule has 1 saturated heterocycles. The first-order valence-corrected chi connectivity index (χ1v) is 9.80. The Morgan fingerprint density at radius 2 is 1.85 bits per heavy atom. The molecule has 27 heavy (non-hydrogen) atoms. The van der Waals surface area contributed by atoms with Gasteiger partial charge in [-0.2, -0.15) is 0 Å². The fourth-order valence-corrected chi connectivity index (χ4v) is 3.43. The SMILES string of the molecule is CCOC(=O)/C=C1\SCC(=O)N1CCOC(=O)c1ccc(C(C)(C)C)cc1. The molecule has 7 heteroatoms. The van der Waals surface area contributed by atoms with Crippen LogP contribution in [0, 0.1) is 0 Å². The summed E-state index contributed by atoms with van der Waals surface area (Å²) in [5, 5.41) is 0.518. The van der Waals surface area contributed by atoms with Gasteiger partial charge in [-0.3, -0.25) is 4.79 Å². The van der Waals surface area contributed by atoms with Gasteiger partial charge in [0.15, 0.2) is 0 Å². The highest BCUT2D eigenvalue weighted by Crippen LogP contribution is 2.28. The van der Waals surface area contributed by atoms with Crippen LogP contribution in [-0.2, 0) is 24.5 Å². The van der Waals surface area contributed by atoms with E-state index in [1.165, 1.54) is 22.7 Å². The first-order valence-electron chi connectivity index (χ1n) is 8.81. The Labute approximate surface area is 163 Å². The summed E-state index contributed by atoms with van der Waals surface area (Å²) < 4.78 is 10.1. The maximum atomic E-state index is 12.2. The summed E-state index contributed by atoms with van der Waals surface area (Å²) in [6.45, 7) is 8.54. The molecule has 0 saturated carbocycles. The second-order valence-corrected chi connectivity index (χ2v) is 8.03. The van der Waals surface area contributed by atoms with Crippen LogP contribution in [-0.4, -0.2) is 48.3 Å². The molecule has 1 aliphatic heterocycles. The second kappa shape index (κ2) is 9.08. The van der Waals surface area contributed by atoms with Crippen LogP contribution in [0.5, 0.6) is 0 Å². The molecule has 1 aromatic rings. The van der Waals surface area contributed by atoms with Crippen molar-refractivity contribution in [1.29, 1.82) is 0 Å². The van der Waals surface area contributed by atoms with Gasteiger partial charge in [0.1, 0.15) is 6.61 Å². The molecule has 1 amide bonds. The number of hydrogen-bond acceptors (Lipinski definition) is 6. The van der Waals surface area contributed by atoms with Gasteiger partial charge in [-0.1, -0.05) is 44.7 Å². The quantitative estimate of drug-likeness (QED) is 0.548. The van der Waals surface area contributed by atoms with E-state index in [0.29, 0.717) is 10.6 Å². The third kappa shape index (κ3) is 5.85. The highest BCUT2D eigenvalue weighted by Gasteiger charge is 2.27. The molecule has 1 heterocycles. The number of esters is 2. The van der Waals surface area contributed by atoms with Gasteiger partial charge >= 0.3 is 11.9 Å². The molecule has 0 aromatic heterocycles. The summed E-state index contributed by atoms with van der Waals surface area (Å²) in [6, 6.07) is 7.31. The molecule has 0 radical (unpaired) electrons. The monoisotopic (exact) mass is 391 g/mol. The number of rotatable bonds is 6. The largest absolute Gasteiger partial charge is 0.463 e. The minimum atomic E-state index is -0.490. The van der Waals surface area contributed by atoms with E-state index in [-0.39, 0.29) is 36.8 Å². The van der Waals surface area contributed by atoms with Gasteiger partial charge in [0.05, 0.1) is 35.6 Å². The number of benzene rings is 1. The fourth-order valence-electron chi connectivity index (χ4n) is 2.47. The van der Waals surface area contributed by atoms with Crippen molar-refractivity contribution in [3.05, 3.63) is 46.5 Å². The topological polar surface area (TPSA) is 72.9 Å². The van der Waals surface area contributed by atoms with Crippen LogP contribution in [0.15, 0.2) is 35.4 Å². The van der Waals surface area contributed by atoms with Crippen molar-refractivity contribution >= 4 is 29.6 Å². The number of amides is 1. The van der Waals surface area contributed by atoms with Gasteiger partial charge < -0.3 is 14.4 Å². The van der Waals surface area contributed by atoms with Gasteiger partial charge in [-0.25, -0.2) is 9.59 Å².